The van der Waals surface area contributed by atoms with Crippen molar-refractivity contribution in [2.75, 3.05) is 0 Å². The number of carbonyl (C=O) groups is 1. The Bertz CT molecular complexity index is 145. The molecule has 44 valence electrons. The monoisotopic (exact) mass is 114 g/mol. The fraction of sp³-hybridized carbons (Fsp3) is 0.250. The normalized spacial score (nSPS) is 19.2. The lowest BCUT2D eigenvalue weighted by molar-refractivity contribution is -0.119. The molecule has 1 aliphatic rings. The van der Waals surface area contributed by atoms with Crippen LogP contribution in [-0.4, -0.2) is 11.0 Å². The average Bonchev–Trinajstić information content (AvgIpc) is 1.85. The van der Waals surface area contributed by atoms with Gasteiger partial charge in [-0.2, -0.15) is 0 Å². The molecule has 4 heteroatoms. The molecular weight excluding hydrogens is 108 g/mol. The van der Waals surface area contributed by atoms with Gasteiger partial charge in [0, 0.05) is 0 Å². The second-order valence-electron chi connectivity index (χ2n) is 1.60. The first-order valence-electron chi connectivity index (χ1n) is 2.17. The Balaban J connectivity index is 2.73. The van der Waals surface area contributed by atoms with Crippen LogP contribution in [0.4, 0.5) is 0 Å². The molecule has 0 aromatic rings. The zero-order valence-corrected chi connectivity index (χ0v) is 4.14. The Morgan fingerprint density at radius 1 is 1.75 bits per heavy atom. The van der Waals surface area contributed by atoms with Gasteiger partial charge in [0.2, 0.25) is 11.8 Å². The van der Waals surface area contributed by atoms with Gasteiger partial charge in [-0.25, -0.2) is 0 Å². The number of carbonyl (C=O) groups excluding carboxylic acids is 1. The summed E-state index contributed by atoms with van der Waals surface area (Å²) in [4.78, 5) is 10.3. The number of hydrogen-bond acceptors (Lipinski definition) is 3. The van der Waals surface area contributed by atoms with Gasteiger partial charge < -0.3 is 10.8 Å². The number of hydrogen-bond donors (Lipinski definition) is 3. The van der Waals surface area contributed by atoms with E-state index < -0.39 is 0 Å². The lowest BCUT2D eigenvalue weighted by Gasteiger charge is -1.88. The largest absolute Gasteiger partial charge is 0.493 e. The van der Waals surface area contributed by atoms with Crippen LogP contribution in [0.1, 0.15) is 6.42 Å². The number of aliphatic hydroxyl groups is 1. The van der Waals surface area contributed by atoms with E-state index in [0.29, 0.717) is 0 Å². The quantitative estimate of drug-likeness (QED) is 0.385. The van der Waals surface area contributed by atoms with Crippen LogP contribution in [0, 0.1) is 0 Å². The molecule has 1 amide bonds. The van der Waals surface area contributed by atoms with E-state index in [4.69, 9.17) is 10.8 Å². The summed E-state index contributed by atoms with van der Waals surface area (Å²) in [5.74, 6) is -0.449. The molecule has 4 nitrogen and oxygen atoms in total. The van der Waals surface area contributed by atoms with Crippen LogP contribution in [0.3, 0.4) is 0 Å². The molecule has 1 aliphatic heterocycles. The maximum atomic E-state index is 10.3. The molecule has 0 fully saturated rings. The first-order valence-corrected chi connectivity index (χ1v) is 2.17. The van der Waals surface area contributed by atoms with Gasteiger partial charge in [0.15, 0.2) is 0 Å². The van der Waals surface area contributed by atoms with Crippen LogP contribution in [-0.2, 0) is 4.79 Å². The topological polar surface area (TPSA) is 75.3 Å². The highest BCUT2D eigenvalue weighted by molar-refractivity contribution is 5.82. The van der Waals surface area contributed by atoms with E-state index in [2.05, 4.69) is 5.32 Å². The third kappa shape index (κ3) is 0.598. The molecule has 0 spiro atoms. The van der Waals surface area contributed by atoms with E-state index in [9.17, 15) is 4.79 Å². The van der Waals surface area contributed by atoms with Crippen LogP contribution in [0.15, 0.2) is 11.6 Å². The minimum Gasteiger partial charge on any atom is -0.493 e. The van der Waals surface area contributed by atoms with Gasteiger partial charge in [0.05, 0.1) is 12.1 Å². The van der Waals surface area contributed by atoms with Crippen molar-refractivity contribution in [1.29, 1.82) is 0 Å². The first kappa shape index (κ1) is 4.96. The van der Waals surface area contributed by atoms with Crippen LogP contribution in [0.25, 0.3) is 0 Å². The van der Waals surface area contributed by atoms with Crippen LogP contribution in [0.5, 0.6) is 0 Å². The van der Waals surface area contributed by atoms with Crippen molar-refractivity contribution in [3.05, 3.63) is 11.6 Å². The van der Waals surface area contributed by atoms with Gasteiger partial charge in [0.1, 0.15) is 0 Å². The number of nitrogens with two attached hydrogens (primary N) is 1. The highest BCUT2D eigenvalue weighted by atomic mass is 16.3. The Morgan fingerprint density at radius 3 is 2.50 bits per heavy atom. The predicted molar refractivity (Wildman–Crippen MR) is 26.6 cm³/mol. The summed E-state index contributed by atoms with van der Waals surface area (Å²) in [6.07, 6.45) is 0.117. The van der Waals surface area contributed by atoms with Gasteiger partial charge in [-0.1, -0.05) is 0 Å². The summed E-state index contributed by atoms with van der Waals surface area (Å²) < 4.78 is 0. The fourth-order valence-electron chi connectivity index (χ4n) is 0.513. The molecule has 0 atom stereocenters. The molecule has 0 unspecified atom stereocenters. The lowest BCUT2D eigenvalue weighted by Crippen LogP contribution is -2.14. The number of nitrogens with one attached hydrogen (secondary N) is 1. The first-order chi connectivity index (χ1) is 3.70. The van der Waals surface area contributed by atoms with Gasteiger partial charge in [0.25, 0.3) is 0 Å². The van der Waals surface area contributed by atoms with Crippen LogP contribution < -0.4 is 11.1 Å². The summed E-state index contributed by atoms with van der Waals surface area (Å²) in [5, 5.41) is 10.7. The van der Waals surface area contributed by atoms with Crippen molar-refractivity contribution < 1.29 is 9.90 Å². The smallest absolute Gasteiger partial charge is 0.232 e. The highest BCUT2D eigenvalue weighted by Gasteiger charge is 2.16. The standard InChI is InChI=1S/C4H6N2O2/c5-2-1-3(7)6-4(2)8/h8H,1,5H2,(H,6,7). The van der Waals surface area contributed by atoms with Crippen LogP contribution in [0.2, 0.25) is 0 Å². The molecule has 0 radical (unpaired) electrons. The molecule has 0 aliphatic carbocycles. The molecule has 0 aromatic heterocycles. The molecule has 0 aromatic carbocycles. The average molecular weight is 114 g/mol. The van der Waals surface area contributed by atoms with Crippen molar-refractivity contribution in [3.8, 4) is 0 Å². The maximum absolute atomic E-state index is 10.3. The lowest BCUT2D eigenvalue weighted by atomic mass is 10.4. The third-order valence-electron chi connectivity index (χ3n) is 0.913. The molecule has 1 heterocycles. The fourth-order valence-corrected chi connectivity index (χ4v) is 0.513. The van der Waals surface area contributed by atoms with Crippen molar-refractivity contribution in [1.82, 2.24) is 5.32 Å². The minimum atomic E-state index is -0.250. The Kier molecular flexibility index (Phi) is 0.865. The zero-order valence-electron chi connectivity index (χ0n) is 4.14. The number of aliphatic hydroxyl groups excluding tert-OH is 1. The third-order valence-corrected chi connectivity index (χ3v) is 0.913. The van der Waals surface area contributed by atoms with Crippen molar-refractivity contribution >= 4 is 5.91 Å². The van der Waals surface area contributed by atoms with E-state index in [1.807, 2.05) is 0 Å². The SMILES string of the molecule is NC1=C(O)NC(=O)C1. The Morgan fingerprint density at radius 2 is 2.38 bits per heavy atom. The summed E-state index contributed by atoms with van der Waals surface area (Å²) in [6, 6.07) is 0. The summed E-state index contributed by atoms with van der Waals surface area (Å²) in [7, 11) is 0. The molecule has 0 saturated heterocycles. The van der Waals surface area contributed by atoms with E-state index in [-0.39, 0.29) is 23.9 Å². The zero-order chi connectivity index (χ0) is 6.15. The van der Waals surface area contributed by atoms with Gasteiger partial charge in [-0.05, 0) is 0 Å². The second kappa shape index (κ2) is 1.40. The van der Waals surface area contributed by atoms with Crippen molar-refractivity contribution in [3.63, 3.8) is 0 Å². The number of rotatable bonds is 0. The summed E-state index contributed by atoms with van der Waals surface area (Å²) in [5.41, 5.74) is 5.33. The Hall–Kier alpha value is -1.19. The van der Waals surface area contributed by atoms with E-state index in [1.54, 1.807) is 0 Å². The molecule has 0 saturated carbocycles. The summed E-state index contributed by atoms with van der Waals surface area (Å²) in [6.45, 7) is 0. The van der Waals surface area contributed by atoms with Gasteiger partial charge >= 0.3 is 0 Å². The summed E-state index contributed by atoms with van der Waals surface area (Å²) >= 11 is 0. The molecule has 0 bridgehead atoms. The second-order valence-corrected chi connectivity index (χ2v) is 1.60. The number of amides is 1. The predicted octanol–water partition coefficient (Wildman–Crippen LogP) is -0.808. The van der Waals surface area contributed by atoms with Crippen molar-refractivity contribution in [2.24, 2.45) is 5.73 Å². The van der Waals surface area contributed by atoms with Crippen molar-refractivity contribution in [2.45, 2.75) is 6.42 Å². The molecule has 4 N–H and O–H groups in total. The van der Waals surface area contributed by atoms with Crippen LogP contribution >= 0.6 is 0 Å². The maximum Gasteiger partial charge on any atom is 0.232 e. The van der Waals surface area contributed by atoms with E-state index in [0.717, 1.165) is 0 Å². The van der Waals surface area contributed by atoms with E-state index >= 15 is 0 Å². The molecule has 8 heavy (non-hydrogen) atoms. The minimum absolute atomic E-state index is 0.117. The Labute approximate surface area is 46.0 Å². The van der Waals surface area contributed by atoms with Gasteiger partial charge in [-0.3, -0.25) is 10.1 Å². The highest BCUT2D eigenvalue weighted by Crippen LogP contribution is 2.03. The van der Waals surface area contributed by atoms with E-state index in [1.165, 1.54) is 0 Å². The molecular formula is C4H6N2O2. The van der Waals surface area contributed by atoms with Gasteiger partial charge in [-0.15, -0.1) is 0 Å². The molecule has 1 rings (SSSR count).